The third-order valence-corrected chi connectivity index (χ3v) is 5.81. The van der Waals surface area contributed by atoms with Crippen LogP contribution < -0.4 is 4.74 Å². The molecule has 29 heavy (non-hydrogen) atoms. The molecule has 1 aromatic carbocycles. The zero-order valence-corrected chi connectivity index (χ0v) is 17.1. The highest BCUT2D eigenvalue weighted by atomic mass is 35.5. The maximum atomic E-state index is 13.1. The van der Waals surface area contributed by atoms with E-state index in [4.69, 9.17) is 34.5 Å². The number of benzene rings is 1. The van der Waals surface area contributed by atoms with Crippen molar-refractivity contribution in [1.82, 2.24) is 19.9 Å². The lowest BCUT2D eigenvalue weighted by Crippen LogP contribution is -2.39. The van der Waals surface area contributed by atoms with Crippen molar-refractivity contribution in [2.45, 2.75) is 19.4 Å². The van der Waals surface area contributed by atoms with Crippen LogP contribution in [0.15, 0.2) is 24.4 Å². The zero-order valence-electron chi connectivity index (χ0n) is 15.6. The van der Waals surface area contributed by atoms with Crippen LogP contribution in [0.5, 0.6) is 5.88 Å². The van der Waals surface area contributed by atoms with Crippen molar-refractivity contribution in [2.24, 2.45) is 0 Å². The second-order valence-electron chi connectivity index (χ2n) is 6.67. The van der Waals surface area contributed by atoms with E-state index in [0.717, 1.165) is 22.2 Å². The van der Waals surface area contributed by atoms with Gasteiger partial charge in [-0.25, -0.2) is 11.6 Å². The summed E-state index contributed by atoms with van der Waals surface area (Å²) in [6.07, 6.45) is 2.15. The summed E-state index contributed by atoms with van der Waals surface area (Å²) in [6.45, 7) is 9.74. The fraction of sp³-hybridized carbons (Fsp3) is 0.300. The standard InChI is InChI=1S/C20H17Cl2N5O2/c1-11-16-12-3-4-13(21)17(22)18(12)25-14(16)6-9-27(11)20(28)19-24-7-5-15(26-19)29-10-8-23-2/h3-5,7,11,25H,6,8-10H2,1H3/t11-/m0/s1. The largest absolute Gasteiger partial charge is 0.470 e. The number of amides is 1. The van der Waals surface area contributed by atoms with Crippen LogP contribution >= 0.6 is 23.2 Å². The molecule has 4 rings (SSSR count). The number of H-pyrrole nitrogens is 1. The van der Waals surface area contributed by atoms with Gasteiger partial charge in [-0.2, -0.15) is 4.98 Å². The van der Waals surface area contributed by atoms with E-state index in [9.17, 15) is 4.79 Å². The molecule has 1 atom stereocenters. The number of nitrogens with zero attached hydrogens (tertiary/aromatic N) is 4. The van der Waals surface area contributed by atoms with Crippen LogP contribution in [-0.2, 0) is 6.42 Å². The fourth-order valence-corrected chi connectivity index (χ4v) is 4.03. The molecular weight excluding hydrogens is 413 g/mol. The van der Waals surface area contributed by atoms with E-state index in [2.05, 4.69) is 19.8 Å². The summed E-state index contributed by atoms with van der Waals surface area (Å²) in [5.74, 6) is 0.0839. The van der Waals surface area contributed by atoms with Crippen molar-refractivity contribution in [3.05, 3.63) is 62.9 Å². The minimum atomic E-state index is -0.270. The molecule has 0 aliphatic carbocycles. The van der Waals surface area contributed by atoms with Crippen LogP contribution in [0.3, 0.4) is 0 Å². The number of rotatable bonds is 4. The van der Waals surface area contributed by atoms with Crippen LogP contribution in [0.4, 0.5) is 0 Å². The Kier molecular flexibility index (Phi) is 5.31. The van der Waals surface area contributed by atoms with Crippen LogP contribution in [0.25, 0.3) is 15.7 Å². The van der Waals surface area contributed by atoms with Crippen LogP contribution in [-0.4, -0.2) is 45.5 Å². The summed E-state index contributed by atoms with van der Waals surface area (Å²) in [4.78, 5) is 29.8. The van der Waals surface area contributed by atoms with E-state index in [0.29, 0.717) is 23.0 Å². The number of carbonyl (C=O) groups excluding carboxylic acids is 1. The first-order valence-electron chi connectivity index (χ1n) is 9.09. The zero-order chi connectivity index (χ0) is 20.5. The van der Waals surface area contributed by atoms with Crippen molar-refractivity contribution >= 4 is 40.0 Å². The van der Waals surface area contributed by atoms with Crippen molar-refractivity contribution < 1.29 is 9.53 Å². The molecule has 0 unspecified atom stereocenters. The molecule has 0 fully saturated rings. The first-order chi connectivity index (χ1) is 14.0. The molecule has 1 amide bonds. The second-order valence-corrected chi connectivity index (χ2v) is 7.46. The molecule has 1 aliphatic rings. The normalized spacial score (nSPS) is 15.8. The summed E-state index contributed by atoms with van der Waals surface area (Å²) in [7, 11) is 0. The van der Waals surface area contributed by atoms with E-state index in [-0.39, 0.29) is 36.8 Å². The summed E-state index contributed by atoms with van der Waals surface area (Å²) in [5.41, 5.74) is 2.87. The number of hydrogen-bond acceptors (Lipinski definition) is 4. The highest BCUT2D eigenvalue weighted by molar-refractivity contribution is 6.45. The number of aromatic amines is 1. The third kappa shape index (κ3) is 3.50. The smallest absolute Gasteiger partial charge is 0.292 e. The summed E-state index contributed by atoms with van der Waals surface area (Å²) in [5, 5.41) is 1.93. The Hall–Kier alpha value is -2.82. The van der Waals surface area contributed by atoms with Gasteiger partial charge in [0, 0.05) is 41.9 Å². The minimum Gasteiger partial charge on any atom is -0.470 e. The molecule has 3 aromatic rings. The number of ether oxygens (including phenoxy) is 1. The van der Waals surface area contributed by atoms with E-state index >= 15 is 0 Å². The second kappa shape index (κ2) is 7.90. The van der Waals surface area contributed by atoms with E-state index in [1.54, 1.807) is 17.0 Å². The van der Waals surface area contributed by atoms with Gasteiger partial charge in [-0.15, -0.1) is 0 Å². The van der Waals surface area contributed by atoms with Crippen molar-refractivity contribution in [2.75, 3.05) is 19.7 Å². The predicted octanol–water partition coefficient (Wildman–Crippen LogP) is 4.32. The molecule has 9 heteroatoms. The average Bonchev–Trinajstić information content (AvgIpc) is 3.11. The number of aromatic nitrogens is 3. The van der Waals surface area contributed by atoms with Gasteiger partial charge in [-0.1, -0.05) is 29.3 Å². The minimum absolute atomic E-state index is 0.0709. The lowest BCUT2D eigenvalue weighted by atomic mass is 9.97. The predicted molar refractivity (Wildman–Crippen MR) is 110 cm³/mol. The molecule has 0 radical (unpaired) electrons. The summed E-state index contributed by atoms with van der Waals surface area (Å²) in [6, 6.07) is 5.07. The number of nitrogens with one attached hydrogen (secondary N) is 1. The van der Waals surface area contributed by atoms with Crippen molar-refractivity contribution in [3.63, 3.8) is 0 Å². The van der Waals surface area contributed by atoms with E-state index < -0.39 is 0 Å². The Morgan fingerprint density at radius 1 is 1.41 bits per heavy atom. The molecular formula is C20H17Cl2N5O2. The SMILES string of the molecule is [C-]#[N+]CCOc1ccnc(C(=O)N2CCc3[nH]c4c(Cl)c(Cl)ccc4c3[C@@H]2C)n1. The Morgan fingerprint density at radius 3 is 3.03 bits per heavy atom. The summed E-state index contributed by atoms with van der Waals surface area (Å²) >= 11 is 12.5. The highest BCUT2D eigenvalue weighted by Gasteiger charge is 2.33. The van der Waals surface area contributed by atoms with Crippen molar-refractivity contribution in [3.8, 4) is 5.88 Å². The Balaban J connectivity index is 1.63. The fourth-order valence-electron chi connectivity index (χ4n) is 3.66. The maximum absolute atomic E-state index is 13.1. The van der Waals surface area contributed by atoms with Crippen LogP contribution in [0, 0.1) is 6.57 Å². The van der Waals surface area contributed by atoms with Crippen molar-refractivity contribution in [1.29, 1.82) is 0 Å². The molecule has 2 aromatic heterocycles. The quantitative estimate of drug-likeness (QED) is 0.494. The van der Waals surface area contributed by atoms with Gasteiger partial charge in [0.2, 0.25) is 18.2 Å². The third-order valence-electron chi connectivity index (χ3n) is 5.01. The monoisotopic (exact) mass is 429 g/mol. The van der Waals surface area contributed by atoms with Gasteiger partial charge in [0.05, 0.1) is 21.6 Å². The van der Waals surface area contributed by atoms with Gasteiger partial charge in [-0.3, -0.25) is 4.79 Å². The van der Waals surface area contributed by atoms with Gasteiger partial charge in [0.25, 0.3) is 5.91 Å². The van der Waals surface area contributed by atoms with Crippen LogP contribution in [0.2, 0.25) is 10.0 Å². The first kappa shape index (κ1) is 19.5. The molecule has 1 N–H and O–H groups in total. The van der Waals surface area contributed by atoms with Gasteiger partial charge < -0.3 is 19.5 Å². The van der Waals surface area contributed by atoms with Crippen LogP contribution in [0.1, 0.15) is 34.8 Å². The highest BCUT2D eigenvalue weighted by Crippen LogP contribution is 2.40. The molecule has 7 nitrogen and oxygen atoms in total. The molecule has 148 valence electrons. The number of halogens is 2. The molecule has 3 heterocycles. The first-order valence-corrected chi connectivity index (χ1v) is 9.85. The molecule has 1 aliphatic heterocycles. The molecule has 0 saturated heterocycles. The Labute approximate surface area is 177 Å². The number of hydrogen-bond donors (Lipinski definition) is 1. The van der Waals surface area contributed by atoms with Gasteiger partial charge in [0.15, 0.2) is 6.61 Å². The molecule has 0 saturated carbocycles. The summed E-state index contributed by atoms with van der Waals surface area (Å²) < 4.78 is 5.41. The molecule has 0 bridgehead atoms. The topological polar surface area (TPSA) is 75.5 Å². The maximum Gasteiger partial charge on any atom is 0.292 e. The molecule has 0 spiro atoms. The van der Waals surface area contributed by atoms with E-state index in [1.165, 1.54) is 6.20 Å². The van der Waals surface area contributed by atoms with Gasteiger partial charge in [0.1, 0.15) is 0 Å². The number of fused-ring (bicyclic) bond motifs is 3. The van der Waals surface area contributed by atoms with Gasteiger partial charge >= 0.3 is 0 Å². The average molecular weight is 430 g/mol. The lowest BCUT2D eigenvalue weighted by Gasteiger charge is -2.33. The van der Waals surface area contributed by atoms with Gasteiger partial charge in [-0.05, 0) is 13.0 Å². The Bertz CT molecular complexity index is 1140. The number of carbonyl (C=O) groups is 1. The Morgan fingerprint density at radius 2 is 2.24 bits per heavy atom. The van der Waals surface area contributed by atoms with E-state index in [1.807, 2.05) is 13.0 Å². The lowest BCUT2D eigenvalue weighted by molar-refractivity contribution is 0.0664.